The van der Waals surface area contributed by atoms with Crippen LogP contribution in [0, 0.1) is 5.82 Å². The van der Waals surface area contributed by atoms with E-state index in [1.807, 2.05) is 18.7 Å². The zero-order valence-corrected chi connectivity index (χ0v) is 29.0. The monoisotopic (exact) mass is 698 g/mol. The number of amides is 1. The second-order valence-corrected chi connectivity index (χ2v) is 14.3. The number of fused-ring (bicyclic) bond motifs is 1. The standard InChI is InChI=1S/C36H40ClFN10O2/c1-4-27(49)46-17-20(3)47(18-19(46)2)33-23-16-24(37)31(28-25(38)6-5-7-26(28)39)41-34(23)48(36(50)44-33)32-29(21-8-9-21)42-35(43-30(32)22-10-11-22)45-14-12-40-13-15-45/h4-7,16,19-22,40H,1,8-15,17-18,39H2,2-3H3/t19-,20+/m1/s1. The van der Waals surface area contributed by atoms with Crippen LogP contribution in [0.5, 0.6) is 0 Å². The lowest BCUT2D eigenvalue weighted by molar-refractivity contribution is -0.128. The Morgan fingerprint density at radius 2 is 1.70 bits per heavy atom. The summed E-state index contributed by atoms with van der Waals surface area (Å²) in [6, 6.07) is 5.74. The Hall–Kier alpha value is -4.62. The number of nitrogen functional groups attached to an aromatic ring is 1. The van der Waals surface area contributed by atoms with E-state index >= 15 is 4.39 Å². The first-order chi connectivity index (χ1) is 24.1. The van der Waals surface area contributed by atoms with Gasteiger partial charge in [0.1, 0.15) is 11.6 Å². The van der Waals surface area contributed by atoms with Crippen LogP contribution < -0.4 is 26.5 Å². The van der Waals surface area contributed by atoms with Crippen molar-refractivity contribution in [2.75, 3.05) is 54.8 Å². The average molecular weight is 699 g/mol. The summed E-state index contributed by atoms with van der Waals surface area (Å²) in [6.45, 7) is 11.7. The first kappa shape index (κ1) is 32.6. The van der Waals surface area contributed by atoms with Gasteiger partial charge in [-0.15, -0.1) is 0 Å². The zero-order valence-electron chi connectivity index (χ0n) is 28.2. The van der Waals surface area contributed by atoms with Crippen LogP contribution in [0.25, 0.3) is 28.0 Å². The van der Waals surface area contributed by atoms with E-state index in [-0.39, 0.29) is 57.4 Å². The van der Waals surface area contributed by atoms with Crippen LogP contribution in [0.1, 0.15) is 62.8 Å². The third-order valence-electron chi connectivity index (χ3n) is 10.3. The van der Waals surface area contributed by atoms with Crippen molar-refractivity contribution < 1.29 is 9.18 Å². The third-order valence-corrected chi connectivity index (χ3v) is 10.6. The summed E-state index contributed by atoms with van der Waals surface area (Å²) in [5.41, 5.74) is 8.65. The summed E-state index contributed by atoms with van der Waals surface area (Å²) in [7, 11) is 0. The first-order valence-corrected chi connectivity index (χ1v) is 17.8. The van der Waals surface area contributed by atoms with Crippen molar-refractivity contribution in [3.05, 3.63) is 69.6 Å². The Balaban J connectivity index is 1.39. The van der Waals surface area contributed by atoms with Gasteiger partial charge >= 0.3 is 5.69 Å². The van der Waals surface area contributed by atoms with Gasteiger partial charge in [0.25, 0.3) is 0 Å². The molecule has 5 heterocycles. The number of nitrogens with one attached hydrogen (secondary N) is 1. The van der Waals surface area contributed by atoms with Gasteiger partial charge in [-0.2, -0.15) is 4.98 Å². The van der Waals surface area contributed by atoms with Crippen LogP contribution in [0.3, 0.4) is 0 Å². The number of nitrogens with two attached hydrogens (primary N) is 1. The molecule has 2 saturated heterocycles. The highest BCUT2D eigenvalue weighted by atomic mass is 35.5. The number of pyridine rings is 1. The number of rotatable bonds is 7. The number of benzene rings is 1. The molecule has 2 aliphatic heterocycles. The SMILES string of the molecule is C=CC(=O)N1C[C@H](C)N(c2nc(=O)n(-c3c(C4CC4)nc(N4CCNCC4)nc3C3CC3)c3nc(-c4c(N)cccc4F)c(Cl)cc23)C[C@H]1C. The molecule has 50 heavy (non-hydrogen) atoms. The quantitative estimate of drug-likeness (QED) is 0.211. The average Bonchev–Trinajstić information content (AvgIpc) is 4.04. The molecule has 0 bridgehead atoms. The number of carbonyl (C=O) groups excluding carboxylic acids is 1. The maximum absolute atomic E-state index is 15.5. The Labute approximate surface area is 294 Å². The first-order valence-electron chi connectivity index (χ1n) is 17.4. The fraction of sp³-hybridized carbons (Fsp3) is 0.444. The van der Waals surface area contributed by atoms with Crippen molar-refractivity contribution in [2.45, 2.75) is 63.5 Å². The normalized spacial score (nSPS) is 21.2. The molecule has 2 saturated carbocycles. The number of halogens is 2. The van der Waals surface area contributed by atoms with E-state index in [0.29, 0.717) is 35.9 Å². The number of anilines is 3. The highest BCUT2D eigenvalue weighted by Crippen LogP contribution is 2.49. The van der Waals surface area contributed by atoms with Gasteiger partial charge in [-0.05, 0) is 63.8 Å². The van der Waals surface area contributed by atoms with Gasteiger partial charge in [-0.1, -0.05) is 24.2 Å². The lowest BCUT2D eigenvalue weighted by Crippen LogP contribution is -2.58. The van der Waals surface area contributed by atoms with Crippen molar-refractivity contribution in [1.29, 1.82) is 0 Å². The minimum absolute atomic E-state index is 0.0606. The molecule has 2 aliphatic carbocycles. The maximum atomic E-state index is 15.5. The Bertz CT molecular complexity index is 2040. The molecule has 0 radical (unpaired) electrons. The molecule has 14 heteroatoms. The molecule has 0 spiro atoms. The molecule has 260 valence electrons. The molecule has 1 amide bonds. The van der Waals surface area contributed by atoms with E-state index in [0.717, 1.165) is 63.3 Å². The largest absolute Gasteiger partial charge is 0.398 e. The maximum Gasteiger partial charge on any atom is 0.355 e. The number of nitrogens with zero attached hydrogens (tertiary/aromatic N) is 8. The van der Waals surface area contributed by atoms with Crippen LogP contribution in [0.2, 0.25) is 5.02 Å². The van der Waals surface area contributed by atoms with Crippen LogP contribution in [0.15, 0.2) is 41.7 Å². The molecule has 4 aliphatic rings. The van der Waals surface area contributed by atoms with Gasteiger partial charge in [0.2, 0.25) is 11.9 Å². The smallest absolute Gasteiger partial charge is 0.355 e. The van der Waals surface area contributed by atoms with E-state index < -0.39 is 11.5 Å². The molecule has 3 N–H and O–H groups in total. The number of carbonyl (C=O) groups is 1. The molecule has 4 fully saturated rings. The summed E-state index contributed by atoms with van der Waals surface area (Å²) in [6.07, 6.45) is 5.12. The van der Waals surface area contributed by atoms with Gasteiger partial charge in [0.15, 0.2) is 5.65 Å². The summed E-state index contributed by atoms with van der Waals surface area (Å²) in [5.74, 6) is 0.685. The van der Waals surface area contributed by atoms with E-state index in [1.54, 1.807) is 17.0 Å². The molecular formula is C36H40ClFN10O2. The number of hydrogen-bond donors (Lipinski definition) is 2. The second kappa shape index (κ2) is 12.6. The molecular weight excluding hydrogens is 659 g/mol. The fourth-order valence-electron chi connectivity index (χ4n) is 7.33. The fourth-order valence-corrected chi connectivity index (χ4v) is 7.58. The molecule has 4 aromatic rings. The molecule has 3 aromatic heterocycles. The Kier molecular flexibility index (Phi) is 8.22. The Morgan fingerprint density at radius 1 is 1.02 bits per heavy atom. The van der Waals surface area contributed by atoms with Gasteiger partial charge in [0, 0.05) is 68.9 Å². The zero-order chi connectivity index (χ0) is 34.8. The Morgan fingerprint density at radius 3 is 2.32 bits per heavy atom. The van der Waals surface area contributed by atoms with Crippen molar-refractivity contribution in [3.8, 4) is 16.9 Å². The molecule has 8 rings (SSSR count). The molecule has 12 nitrogen and oxygen atoms in total. The van der Waals surface area contributed by atoms with E-state index in [2.05, 4.69) is 16.8 Å². The van der Waals surface area contributed by atoms with Crippen LogP contribution in [-0.2, 0) is 4.79 Å². The van der Waals surface area contributed by atoms with Crippen molar-refractivity contribution in [1.82, 2.24) is 34.7 Å². The van der Waals surface area contributed by atoms with Crippen LogP contribution >= 0.6 is 11.6 Å². The molecule has 2 atom stereocenters. The minimum Gasteiger partial charge on any atom is -0.398 e. The number of piperazine rings is 2. The van der Waals surface area contributed by atoms with E-state index in [9.17, 15) is 9.59 Å². The van der Waals surface area contributed by atoms with Gasteiger partial charge in [-0.25, -0.2) is 28.7 Å². The van der Waals surface area contributed by atoms with Gasteiger partial charge in [-0.3, -0.25) is 4.79 Å². The molecule has 0 unspecified atom stereocenters. The van der Waals surface area contributed by atoms with Crippen molar-refractivity contribution in [3.63, 3.8) is 0 Å². The van der Waals surface area contributed by atoms with E-state index in [1.165, 1.54) is 22.8 Å². The highest BCUT2D eigenvalue weighted by molar-refractivity contribution is 6.34. The minimum atomic E-state index is -0.576. The predicted octanol–water partition coefficient (Wildman–Crippen LogP) is 4.39. The molecule has 1 aromatic carbocycles. The predicted molar refractivity (Wildman–Crippen MR) is 193 cm³/mol. The topological polar surface area (TPSA) is 138 Å². The van der Waals surface area contributed by atoms with Crippen molar-refractivity contribution in [2.24, 2.45) is 0 Å². The third kappa shape index (κ3) is 5.65. The summed E-state index contributed by atoms with van der Waals surface area (Å²) in [5, 5.41) is 4.08. The van der Waals surface area contributed by atoms with Gasteiger partial charge < -0.3 is 25.8 Å². The lowest BCUT2D eigenvalue weighted by atomic mass is 10.1. The van der Waals surface area contributed by atoms with E-state index in [4.69, 9.17) is 37.3 Å². The van der Waals surface area contributed by atoms with Crippen molar-refractivity contribution >= 4 is 46.0 Å². The number of aromatic nitrogens is 5. The summed E-state index contributed by atoms with van der Waals surface area (Å²) < 4.78 is 17.0. The number of hydrogen-bond acceptors (Lipinski definition) is 10. The summed E-state index contributed by atoms with van der Waals surface area (Å²) in [4.78, 5) is 53.4. The van der Waals surface area contributed by atoms with Crippen LogP contribution in [0.4, 0.5) is 21.8 Å². The highest BCUT2D eigenvalue weighted by Gasteiger charge is 2.39. The summed E-state index contributed by atoms with van der Waals surface area (Å²) >= 11 is 6.95. The van der Waals surface area contributed by atoms with Crippen LogP contribution in [-0.4, -0.2) is 86.7 Å². The second-order valence-electron chi connectivity index (χ2n) is 13.9. The lowest BCUT2D eigenvalue weighted by Gasteiger charge is -2.44. The van der Waals surface area contributed by atoms with Gasteiger partial charge in [0.05, 0.1) is 38.7 Å².